The number of hydrogen-bond acceptors (Lipinski definition) is 6. The first kappa shape index (κ1) is 22.9. The molecule has 0 radical (unpaired) electrons. The Balaban J connectivity index is 1.96. The fourth-order valence-electron chi connectivity index (χ4n) is 2.84. The number of aromatic nitrogens is 2. The quantitative estimate of drug-likeness (QED) is 0.693. The summed E-state index contributed by atoms with van der Waals surface area (Å²) in [5.74, 6) is -6.11. The molecule has 1 unspecified atom stereocenters. The Kier molecular flexibility index (Phi) is 5.98. The lowest BCUT2D eigenvalue weighted by atomic mass is 10.1. The van der Waals surface area contributed by atoms with Gasteiger partial charge in [0.15, 0.2) is 23.4 Å². The van der Waals surface area contributed by atoms with Crippen LogP contribution in [0.15, 0.2) is 46.0 Å². The fraction of sp³-hybridized carbons (Fsp3) is 0.263. The molecule has 13 heteroatoms. The Bertz CT molecular complexity index is 1180. The fourth-order valence-corrected chi connectivity index (χ4v) is 2.84. The van der Waals surface area contributed by atoms with E-state index in [-0.39, 0.29) is 0 Å². The van der Waals surface area contributed by atoms with Crippen molar-refractivity contribution in [3.63, 3.8) is 0 Å². The van der Waals surface area contributed by atoms with Gasteiger partial charge in [-0.3, -0.25) is 4.79 Å². The minimum atomic E-state index is -4.99. The summed E-state index contributed by atoms with van der Waals surface area (Å²) in [6, 6.07) is 3.05. The number of aliphatic imine (C=N–C) groups is 1. The second-order valence-corrected chi connectivity index (χ2v) is 6.74. The van der Waals surface area contributed by atoms with Crippen LogP contribution in [-0.4, -0.2) is 33.7 Å². The number of ether oxygens (including phenoxy) is 1. The number of halogens is 6. The van der Waals surface area contributed by atoms with Crippen LogP contribution in [0.2, 0.25) is 0 Å². The first-order valence-electron chi connectivity index (χ1n) is 8.81. The molecule has 0 saturated carbocycles. The van der Waals surface area contributed by atoms with Crippen LogP contribution in [0, 0.1) is 17.1 Å². The van der Waals surface area contributed by atoms with Gasteiger partial charge in [0, 0.05) is 12.5 Å². The van der Waals surface area contributed by atoms with Gasteiger partial charge in [-0.2, -0.15) is 32.3 Å². The maximum Gasteiger partial charge on any atom is 0.416 e. The van der Waals surface area contributed by atoms with Crippen molar-refractivity contribution in [2.45, 2.75) is 31.6 Å². The van der Waals surface area contributed by atoms with Crippen LogP contribution < -0.4 is 10.3 Å². The van der Waals surface area contributed by atoms with E-state index in [4.69, 9.17) is 10.00 Å². The Morgan fingerprint density at radius 2 is 2.00 bits per heavy atom. The molecular formula is C19H13F6N5O2. The standard InChI is InChI=1S/C19H13F6N5O2/c1-18(21,22)14-5-11(17(31)29-28-14)8-30-9-27-7-13(16(30)19(23,24)25)32-12-4-2-3-10(6-26)15(12)20/h2-5,7,9,16H,8H2,1H3,(H,29,31). The van der Waals surface area contributed by atoms with Crippen molar-refractivity contribution in [3.8, 4) is 11.8 Å². The van der Waals surface area contributed by atoms with E-state index in [9.17, 15) is 31.1 Å². The van der Waals surface area contributed by atoms with Gasteiger partial charge in [0.2, 0.25) is 0 Å². The Labute approximate surface area is 176 Å². The SMILES string of the molecule is CC(F)(F)c1cc(CN2C=NC=C(Oc3cccc(C#N)c3F)C2C(F)(F)F)c(=O)[nH]n1. The molecule has 32 heavy (non-hydrogen) atoms. The maximum absolute atomic E-state index is 14.3. The van der Waals surface area contributed by atoms with Gasteiger partial charge >= 0.3 is 6.18 Å². The average Bonchev–Trinajstić information content (AvgIpc) is 2.69. The van der Waals surface area contributed by atoms with Crippen molar-refractivity contribution in [1.29, 1.82) is 5.26 Å². The highest BCUT2D eigenvalue weighted by Gasteiger charge is 2.48. The van der Waals surface area contributed by atoms with Gasteiger partial charge in [0.25, 0.3) is 11.5 Å². The number of nitriles is 1. The summed E-state index contributed by atoms with van der Waals surface area (Å²) < 4.78 is 88.0. The smallest absolute Gasteiger partial charge is 0.416 e. The Hall–Kier alpha value is -3.82. The Morgan fingerprint density at radius 3 is 2.62 bits per heavy atom. The minimum absolute atomic E-state index is 0.434. The van der Waals surface area contributed by atoms with E-state index >= 15 is 0 Å². The van der Waals surface area contributed by atoms with E-state index in [1.165, 1.54) is 12.1 Å². The zero-order valence-electron chi connectivity index (χ0n) is 16.1. The van der Waals surface area contributed by atoms with Gasteiger partial charge in [0.1, 0.15) is 11.8 Å². The molecule has 1 aliphatic heterocycles. The Morgan fingerprint density at radius 1 is 1.28 bits per heavy atom. The van der Waals surface area contributed by atoms with Gasteiger partial charge < -0.3 is 9.64 Å². The highest BCUT2D eigenvalue weighted by atomic mass is 19.4. The predicted octanol–water partition coefficient (Wildman–Crippen LogP) is 3.59. The van der Waals surface area contributed by atoms with Crippen molar-refractivity contribution in [2.75, 3.05) is 0 Å². The van der Waals surface area contributed by atoms with Gasteiger partial charge in [-0.1, -0.05) is 6.07 Å². The van der Waals surface area contributed by atoms with Gasteiger partial charge in [-0.25, -0.2) is 14.5 Å². The molecule has 1 N–H and O–H groups in total. The van der Waals surface area contributed by atoms with E-state index < -0.39 is 64.4 Å². The molecule has 1 aromatic carbocycles. The van der Waals surface area contributed by atoms with Crippen LogP contribution in [0.1, 0.15) is 23.7 Å². The summed E-state index contributed by atoms with van der Waals surface area (Å²) >= 11 is 0. The number of nitrogens with zero attached hydrogens (tertiary/aromatic N) is 4. The molecule has 7 nitrogen and oxygen atoms in total. The van der Waals surface area contributed by atoms with E-state index in [1.807, 2.05) is 5.10 Å². The first-order valence-corrected chi connectivity index (χ1v) is 8.81. The van der Waals surface area contributed by atoms with Crippen LogP contribution >= 0.6 is 0 Å². The van der Waals surface area contributed by atoms with Gasteiger partial charge in [0.05, 0.1) is 24.6 Å². The molecule has 0 fully saturated rings. The normalized spacial score (nSPS) is 16.5. The summed E-state index contributed by atoms with van der Waals surface area (Å²) in [5.41, 5.74) is -2.69. The number of rotatable bonds is 5. The lowest BCUT2D eigenvalue weighted by Gasteiger charge is -2.34. The van der Waals surface area contributed by atoms with E-state index in [2.05, 4.69) is 10.1 Å². The first-order chi connectivity index (χ1) is 14.9. The van der Waals surface area contributed by atoms with Crippen molar-refractivity contribution in [2.24, 2.45) is 4.99 Å². The highest BCUT2D eigenvalue weighted by molar-refractivity contribution is 5.60. The van der Waals surface area contributed by atoms with Crippen molar-refractivity contribution < 1.29 is 31.1 Å². The molecule has 3 rings (SSSR count). The third kappa shape index (κ3) is 4.74. The molecule has 1 aliphatic rings. The summed E-state index contributed by atoms with van der Waals surface area (Å²) in [4.78, 5) is 16.1. The lowest BCUT2D eigenvalue weighted by Crippen LogP contribution is -2.49. The minimum Gasteiger partial charge on any atom is -0.454 e. The maximum atomic E-state index is 14.3. The molecule has 168 valence electrons. The zero-order valence-corrected chi connectivity index (χ0v) is 16.1. The monoisotopic (exact) mass is 457 g/mol. The molecule has 0 saturated heterocycles. The number of nitrogens with one attached hydrogen (secondary N) is 1. The zero-order chi connectivity index (χ0) is 23.7. The van der Waals surface area contributed by atoms with Crippen molar-refractivity contribution in [3.05, 3.63) is 69.2 Å². The van der Waals surface area contributed by atoms with Crippen LogP contribution in [0.5, 0.6) is 5.75 Å². The molecule has 1 atom stereocenters. The van der Waals surface area contributed by atoms with Gasteiger partial charge in [-0.05, 0) is 18.2 Å². The largest absolute Gasteiger partial charge is 0.454 e. The summed E-state index contributed by atoms with van der Waals surface area (Å²) in [5, 5.41) is 13.9. The second kappa shape index (κ2) is 8.37. The molecule has 0 spiro atoms. The number of benzene rings is 1. The van der Waals surface area contributed by atoms with Crippen molar-refractivity contribution in [1.82, 2.24) is 15.1 Å². The van der Waals surface area contributed by atoms with Crippen LogP contribution in [0.4, 0.5) is 26.3 Å². The third-order valence-electron chi connectivity index (χ3n) is 4.32. The topological polar surface area (TPSA) is 94.4 Å². The number of aromatic amines is 1. The summed E-state index contributed by atoms with van der Waals surface area (Å²) in [6.07, 6.45) is -3.54. The number of hydrogen-bond donors (Lipinski definition) is 1. The predicted molar refractivity (Wildman–Crippen MR) is 98.1 cm³/mol. The number of alkyl halides is 5. The van der Waals surface area contributed by atoms with E-state index in [0.717, 1.165) is 18.5 Å². The molecule has 0 amide bonds. The molecule has 0 aliphatic carbocycles. The molecule has 2 heterocycles. The average molecular weight is 457 g/mol. The second-order valence-electron chi connectivity index (χ2n) is 6.74. The third-order valence-corrected chi connectivity index (χ3v) is 4.32. The van der Waals surface area contributed by atoms with Gasteiger partial charge in [-0.15, -0.1) is 0 Å². The molecular weight excluding hydrogens is 444 g/mol. The lowest BCUT2D eigenvalue weighted by molar-refractivity contribution is -0.170. The van der Waals surface area contributed by atoms with Crippen LogP contribution in [0.3, 0.4) is 0 Å². The van der Waals surface area contributed by atoms with Crippen LogP contribution in [0.25, 0.3) is 0 Å². The molecule has 0 bridgehead atoms. The van der Waals surface area contributed by atoms with E-state index in [1.54, 1.807) is 0 Å². The number of H-pyrrole nitrogens is 1. The summed E-state index contributed by atoms with van der Waals surface area (Å²) in [6.45, 7) is -0.271. The van der Waals surface area contributed by atoms with E-state index in [0.29, 0.717) is 24.1 Å². The van der Waals surface area contributed by atoms with Crippen molar-refractivity contribution >= 4 is 6.34 Å². The molecule has 2 aromatic rings. The molecule has 1 aromatic heterocycles. The summed E-state index contributed by atoms with van der Waals surface area (Å²) in [7, 11) is 0. The highest BCUT2D eigenvalue weighted by Crippen LogP contribution is 2.34. The van der Waals surface area contributed by atoms with Crippen LogP contribution in [-0.2, 0) is 12.5 Å².